The highest BCUT2D eigenvalue weighted by molar-refractivity contribution is 7.13. The van der Waals surface area contributed by atoms with Gasteiger partial charge in [0.25, 0.3) is 11.8 Å². The molecule has 4 aliphatic rings. The third-order valence-electron chi connectivity index (χ3n) is 8.60. The lowest BCUT2D eigenvalue weighted by molar-refractivity contribution is -0.141. The Morgan fingerprint density at radius 3 is 2.55 bits per heavy atom. The number of rotatable bonds is 9. The smallest absolute Gasteiger partial charge is 0.289 e. The molecule has 3 heterocycles. The van der Waals surface area contributed by atoms with Crippen LogP contribution in [-0.4, -0.2) is 70.5 Å². The second-order valence-corrected chi connectivity index (χ2v) is 12.4. The van der Waals surface area contributed by atoms with Gasteiger partial charge in [-0.3, -0.25) is 24.0 Å². The molecule has 2 aromatic rings. The molecule has 4 amide bonds. The molecule has 1 aromatic carbocycles. The maximum absolute atomic E-state index is 13.8. The first-order valence-corrected chi connectivity index (χ1v) is 14.9. The molecule has 2 aliphatic heterocycles. The number of aromatic nitrogens is 1. The fourth-order valence-electron chi connectivity index (χ4n) is 5.77. The lowest BCUT2D eigenvalue weighted by Gasteiger charge is -2.39. The van der Waals surface area contributed by atoms with E-state index in [4.69, 9.17) is 0 Å². The first-order valence-electron chi connectivity index (χ1n) is 14.1. The topological polar surface area (TPSA) is 138 Å². The van der Waals surface area contributed by atoms with Crippen molar-refractivity contribution in [1.29, 1.82) is 0 Å². The maximum atomic E-state index is 13.8. The summed E-state index contributed by atoms with van der Waals surface area (Å²) in [6.45, 7) is 0.916. The standard InChI is InChI=1S/C29H33N5O5S/c35-23(26(38)31-19-6-7-19)20(14-18-8-12-30-24(18)36)32-25(37)22-15-29(9-10-29)11-13-34(22)28(39)21-16-40-27(33-21)17-4-2-1-3-5-17/h1-5,16,18-20,22H,6-15H2,(H,30,36)(H,31,38)(H,32,37)/t18-,20-,22-/m0/s1. The van der Waals surface area contributed by atoms with Gasteiger partial charge in [0.05, 0.1) is 6.04 Å². The number of nitrogens with one attached hydrogen (secondary N) is 3. The predicted octanol–water partition coefficient (Wildman–Crippen LogP) is 2.05. The van der Waals surface area contributed by atoms with Crippen molar-refractivity contribution in [3.8, 4) is 10.6 Å². The summed E-state index contributed by atoms with van der Waals surface area (Å²) < 4.78 is 0. The van der Waals surface area contributed by atoms with Gasteiger partial charge < -0.3 is 20.9 Å². The molecule has 10 nitrogen and oxygen atoms in total. The molecule has 1 spiro atoms. The van der Waals surface area contributed by atoms with Gasteiger partial charge in [0.15, 0.2) is 0 Å². The molecular formula is C29H33N5O5S. The van der Waals surface area contributed by atoms with Crippen molar-refractivity contribution in [1.82, 2.24) is 25.8 Å². The highest BCUT2D eigenvalue weighted by atomic mass is 32.1. The van der Waals surface area contributed by atoms with Crippen molar-refractivity contribution in [2.24, 2.45) is 11.3 Å². The van der Waals surface area contributed by atoms with Crippen molar-refractivity contribution in [3.05, 3.63) is 41.4 Å². The fourth-order valence-corrected chi connectivity index (χ4v) is 6.57. The Kier molecular flexibility index (Phi) is 7.16. The maximum Gasteiger partial charge on any atom is 0.289 e. The summed E-state index contributed by atoms with van der Waals surface area (Å²) >= 11 is 1.38. The normalized spacial score (nSPS) is 23.8. The van der Waals surface area contributed by atoms with Gasteiger partial charge in [-0.15, -0.1) is 11.3 Å². The van der Waals surface area contributed by atoms with Gasteiger partial charge in [0, 0.05) is 36.0 Å². The van der Waals surface area contributed by atoms with E-state index in [9.17, 15) is 24.0 Å². The number of carbonyl (C=O) groups excluding carboxylic acids is 5. The monoisotopic (exact) mass is 563 g/mol. The molecule has 2 saturated carbocycles. The number of carbonyl (C=O) groups is 5. The van der Waals surface area contributed by atoms with Gasteiger partial charge in [-0.25, -0.2) is 4.98 Å². The van der Waals surface area contributed by atoms with E-state index >= 15 is 0 Å². The van der Waals surface area contributed by atoms with Crippen molar-refractivity contribution < 1.29 is 24.0 Å². The number of thiazole rings is 1. The molecule has 1 aromatic heterocycles. The van der Waals surface area contributed by atoms with E-state index in [0.29, 0.717) is 25.9 Å². The molecule has 3 atom stereocenters. The van der Waals surface area contributed by atoms with E-state index in [1.54, 1.807) is 10.3 Å². The highest BCUT2D eigenvalue weighted by Crippen LogP contribution is 2.55. The van der Waals surface area contributed by atoms with Crippen molar-refractivity contribution in [2.75, 3.05) is 13.1 Å². The Balaban J connectivity index is 1.21. The largest absolute Gasteiger partial charge is 0.356 e. The van der Waals surface area contributed by atoms with E-state index in [-0.39, 0.29) is 35.4 Å². The van der Waals surface area contributed by atoms with Gasteiger partial charge in [0.2, 0.25) is 17.6 Å². The van der Waals surface area contributed by atoms with Crippen LogP contribution in [0, 0.1) is 11.3 Å². The van der Waals surface area contributed by atoms with Gasteiger partial charge in [-0.2, -0.15) is 0 Å². The number of benzene rings is 1. The molecule has 0 bridgehead atoms. The molecule has 2 aliphatic carbocycles. The van der Waals surface area contributed by atoms with Crippen LogP contribution in [0.15, 0.2) is 35.7 Å². The quantitative estimate of drug-likeness (QED) is 0.400. The zero-order valence-corrected chi connectivity index (χ0v) is 23.0. The highest BCUT2D eigenvalue weighted by Gasteiger charge is 2.51. The Morgan fingerprint density at radius 1 is 1.10 bits per heavy atom. The van der Waals surface area contributed by atoms with Crippen LogP contribution in [0.4, 0.5) is 0 Å². The Bertz CT molecular complexity index is 1340. The minimum atomic E-state index is -1.14. The van der Waals surface area contributed by atoms with Gasteiger partial charge in [-0.05, 0) is 56.8 Å². The van der Waals surface area contributed by atoms with Gasteiger partial charge in [0.1, 0.15) is 16.7 Å². The minimum Gasteiger partial charge on any atom is -0.356 e. The SMILES string of the molecule is O=C(NC1CC1)C(=O)[C@H](C[C@@H]1CCNC1=O)NC(=O)[C@@H]1CC2(CCN1C(=O)c1csc(-c3ccccc3)n1)CC2. The van der Waals surface area contributed by atoms with Crippen LogP contribution in [0.25, 0.3) is 10.6 Å². The van der Waals surface area contributed by atoms with E-state index in [1.807, 2.05) is 30.3 Å². The third-order valence-corrected chi connectivity index (χ3v) is 9.49. The molecule has 4 fully saturated rings. The van der Waals surface area contributed by atoms with Crippen LogP contribution >= 0.6 is 11.3 Å². The van der Waals surface area contributed by atoms with Crippen molar-refractivity contribution in [2.45, 2.75) is 69.5 Å². The summed E-state index contributed by atoms with van der Waals surface area (Å²) in [4.78, 5) is 71.7. The Morgan fingerprint density at radius 2 is 1.88 bits per heavy atom. The number of piperidine rings is 1. The number of hydrogen-bond acceptors (Lipinski definition) is 7. The number of Topliss-reactive ketones (excluding diaryl/α,β-unsaturated/α-hetero) is 1. The summed E-state index contributed by atoms with van der Waals surface area (Å²) in [6.07, 6.45) is 5.55. The van der Waals surface area contributed by atoms with Crippen LogP contribution in [0.2, 0.25) is 0 Å². The molecule has 40 heavy (non-hydrogen) atoms. The predicted molar refractivity (Wildman–Crippen MR) is 147 cm³/mol. The van der Waals surface area contributed by atoms with Crippen LogP contribution in [0.5, 0.6) is 0 Å². The summed E-state index contributed by atoms with van der Waals surface area (Å²) in [7, 11) is 0. The van der Waals surface area contributed by atoms with E-state index < -0.39 is 35.6 Å². The molecule has 11 heteroatoms. The second-order valence-electron chi connectivity index (χ2n) is 11.6. The molecular weight excluding hydrogens is 530 g/mol. The Labute approximate surface area is 236 Å². The van der Waals surface area contributed by atoms with Crippen molar-refractivity contribution in [3.63, 3.8) is 0 Å². The third kappa shape index (κ3) is 5.65. The lowest BCUT2D eigenvalue weighted by Crippen LogP contribution is -2.58. The molecule has 6 rings (SSSR count). The molecule has 3 N–H and O–H groups in total. The second kappa shape index (κ2) is 10.8. The number of ketones is 1. The number of nitrogens with zero attached hydrogens (tertiary/aromatic N) is 2. The van der Waals surface area contributed by atoms with E-state index in [1.165, 1.54) is 11.3 Å². The average Bonchev–Trinajstić information content (AvgIpc) is 3.84. The molecule has 210 valence electrons. The van der Waals surface area contributed by atoms with Gasteiger partial charge >= 0.3 is 0 Å². The first kappa shape index (κ1) is 26.6. The van der Waals surface area contributed by atoms with E-state index in [0.717, 1.165) is 42.7 Å². The zero-order valence-electron chi connectivity index (χ0n) is 22.2. The van der Waals surface area contributed by atoms with Crippen LogP contribution in [0.3, 0.4) is 0 Å². The van der Waals surface area contributed by atoms with Crippen molar-refractivity contribution >= 4 is 40.7 Å². The number of likely N-dealkylation sites (tertiary alicyclic amines) is 1. The molecule has 0 unspecified atom stereocenters. The fraction of sp³-hybridized carbons (Fsp3) is 0.517. The van der Waals surface area contributed by atoms with Crippen LogP contribution in [-0.2, 0) is 19.2 Å². The van der Waals surface area contributed by atoms with Crippen LogP contribution < -0.4 is 16.0 Å². The first-order chi connectivity index (χ1) is 19.3. The van der Waals surface area contributed by atoms with E-state index in [2.05, 4.69) is 20.9 Å². The molecule has 0 radical (unpaired) electrons. The molecule has 2 saturated heterocycles. The summed E-state index contributed by atoms with van der Waals surface area (Å²) in [5.74, 6) is -2.92. The summed E-state index contributed by atoms with van der Waals surface area (Å²) in [6, 6.07) is 7.67. The number of hydrogen-bond donors (Lipinski definition) is 3. The minimum absolute atomic E-state index is 0.0114. The van der Waals surface area contributed by atoms with Gasteiger partial charge in [-0.1, -0.05) is 30.3 Å². The number of amides is 4. The summed E-state index contributed by atoms with van der Waals surface area (Å²) in [5.41, 5.74) is 1.23. The average molecular weight is 564 g/mol. The lowest BCUT2D eigenvalue weighted by atomic mass is 9.86. The summed E-state index contributed by atoms with van der Waals surface area (Å²) in [5, 5.41) is 10.7. The zero-order chi connectivity index (χ0) is 27.9. The Hall–Kier alpha value is -3.60. The van der Waals surface area contributed by atoms with Crippen LogP contribution in [0.1, 0.15) is 61.9 Å².